The molecule has 1 heterocycles. The minimum Gasteiger partial charge on any atom is -0.466 e. The molecule has 1 unspecified atom stereocenters. The SMILES string of the molecule is CCCOCC(NCC)c1c(C)oc(C)c1C. The zero-order valence-corrected chi connectivity index (χ0v) is 11.7. The number of ether oxygens (including phenoxy) is 1. The van der Waals surface area contributed by atoms with Gasteiger partial charge < -0.3 is 14.5 Å². The molecule has 0 saturated heterocycles. The van der Waals surface area contributed by atoms with E-state index in [1.54, 1.807) is 0 Å². The van der Waals surface area contributed by atoms with Gasteiger partial charge in [-0.15, -0.1) is 0 Å². The number of furan rings is 1. The monoisotopic (exact) mass is 239 g/mol. The van der Waals surface area contributed by atoms with Crippen LogP contribution in [0.15, 0.2) is 4.42 Å². The Morgan fingerprint density at radius 2 is 1.88 bits per heavy atom. The fourth-order valence-electron chi connectivity index (χ4n) is 2.16. The number of likely N-dealkylation sites (N-methyl/N-ethyl adjacent to an activating group) is 1. The molecule has 3 nitrogen and oxygen atoms in total. The molecule has 0 bridgehead atoms. The van der Waals surface area contributed by atoms with Crippen LogP contribution >= 0.6 is 0 Å². The van der Waals surface area contributed by atoms with Crippen LogP contribution in [-0.2, 0) is 4.74 Å². The van der Waals surface area contributed by atoms with Crippen LogP contribution < -0.4 is 5.32 Å². The Morgan fingerprint density at radius 1 is 1.18 bits per heavy atom. The van der Waals surface area contributed by atoms with Crippen LogP contribution in [0.4, 0.5) is 0 Å². The molecule has 1 N–H and O–H groups in total. The summed E-state index contributed by atoms with van der Waals surface area (Å²) in [4.78, 5) is 0. The maximum atomic E-state index is 5.68. The molecule has 0 aliphatic heterocycles. The molecule has 1 atom stereocenters. The van der Waals surface area contributed by atoms with Crippen LogP contribution in [0.3, 0.4) is 0 Å². The van der Waals surface area contributed by atoms with Crippen LogP contribution in [0, 0.1) is 20.8 Å². The Bertz CT molecular complexity index is 344. The quantitative estimate of drug-likeness (QED) is 0.741. The van der Waals surface area contributed by atoms with Gasteiger partial charge >= 0.3 is 0 Å². The minimum atomic E-state index is 0.240. The first-order chi connectivity index (χ1) is 8.11. The zero-order chi connectivity index (χ0) is 12.8. The topological polar surface area (TPSA) is 34.4 Å². The highest BCUT2D eigenvalue weighted by Gasteiger charge is 2.20. The van der Waals surface area contributed by atoms with E-state index in [9.17, 15) is 0 Å². The van der Waals surface area contributed by atoms with Gasteiger partial charge in [-0.2, -0.15) is 0 Å². The molecule has 0 aliphatic carbocycles. The summed E-state index contributed by atoms with van der Waals surface area (Å²) in [5, 5.41) is 3.47. The maximum absolute atomic E-state index is 5.68. The van der Waals surface area contributed by atoms with Crippen LogP contribution in [0.1, 0.15) is 49.0 Å². The molecular weight excluding hydrogens is 214 g/mol. The second kappa shape index (κ2) is 6.82. The van der Waals surface area contributed by atoms with E-state index in [2.05, 4.69) is 26.1 Å². The molecule has 3 heteroatoms. The molecule has 17 heavy (non-hydrogen) atoms. The van der Waals surface area contributed by atoms with Crippen LogP contribution in [-0.4, -0.2) is 19.8 Å². The van der Waals surface area contributed by atoms with Gasteiger partial charge in [-0.25, -0.2) is 0 Å². The van der Waals surface area contributed by atoms with Crippen molar-refractivity contribution in [3.63, 3.8) is 0 Å². The van der Waals surface area contributed by atoms with Crippen LogP contribution in [0.25, 0.3) is 0 Å². The number of hydrogen-bond acceptors (Lipinski definition) is 3. The molecule has 0 radical (unpaired) electrons. The lowest BCUT2D eigenvalue weighted by Gasteiger charge is -2.18. The number of rotatable bonds is 7. The molecule has 1 aromatic heterocycles. The second-order valence-electron chi connectivity index (χ2n) is 4.44. The summed E-state index contributed by atoms with van der Waals surface area (Å²) < 4.78 is 11.4. The standard InChI is InChI=1S/C14H25NO2/c1-6-8-16-9-13(15-7-2)14-10(3)11(4)17-12(14)5/h13,15H,6-9H2,1-5H3. The second-order valence-corrected chi connectivity index (χ2v) is 4.44. The van der Waals surface area contributed by atoms with Gasteiger partial charge in [-0.1, -0.05) is 13.8 Å². The lowest BCUT2D eigenvalue weighted by Crippen LogP contribution is -2.26. The van der Waals surface area contributed by atoms with Crippen molar-refractivity contribution in [3.05, 3.63) is 22.6 Å². The van der Waals surface area contributed by atoms with E-state index in [0.29, 0.717) is 6.61 Å². The molecular formula is C14H25NO2. The molecule has 0 saturated carbocycles. The molecule has 0 fully saturated rings. The smallest absolute Gasteiger partial charge is 0.106 e. The third-order valence-electron chi connectivity index (χ3n) is 3.05. The summed E-state index contributed by atoms with van der Waals surface area (Å²) in [5.41, 5.74) is 2.51. The van der Waals surface area contributed by atoms with Gasteiger partial charge in [0.15, 0.2) is 0 Å². The highest BCUT2D eigenvalue weighted by Crippen LogP contribution is 2.27. The first kappa shape index (κ1) is 14.3. The van der Waals surface area contributed by atoms with Crippen molar-refractivity contribution < 1.29 is 9.15 Å². The van der Waals surface area contributed by atoms with E-state index < -0.39 is 0 Å². The summed E-state index contributed by atoms with van der Waals surface area (Å²) in [7, 11) is 0. The van der Waals surface area contributed by atoms with Crippen LogP contribution in [0.5, 0.6) is 0 Å². The van der Waals surface area contributed by atoms with E-state index in [-0.39, 0.29) is 6.04 Å². The Hall–Kier alpha value is -0.800. The van der Waals surface area contributed by atoms with Crippen molar-refractivity contribution >= 4 is 0 Å². The van der Waals surface area contributed by atoms with Crippen molar-refractivity contribution in [2.24, 2.45) is 0 Å². The van der Waals surface area contributed by atoms with Crippen molar-refractivity contribution in [3.8, 4) is 0 Å². The van der Waals surface area contributed by atoms with Gasteiger partial charge in [-0.05, 0) is 39.3 Å². The van der Waals surface area contributed by atoms with Gasteiger partial charge in [-0.3, -0.25) is 0 Å². The number of aryl methyl sites for hydroxylation is 2. The van der Waals surface area contributed by atoms with Crippen LogP contribution in [0.2, 0.25) is 0 Å². The Kier molecular flexibility index (Phi) is 5.72. The van der Waals surface area contributed by atoms with E-state index in [0.717, 1.165) is 31.1 Å². The minimum absolute atomic E-state index is 0.240. The first-order valence-corrected chi connectivity index (χ1v) is 6.49. The summed E-state index contributed by atoms with van der Waals surface area (Å²) in [6.07, 6.45) is 1.06. The molecule has 0 amide bonds. The largest absolute Gasteiger partial charge is 0.466 e. The molecule has 98 valence electrons. The molecule has 1 aromatic rings. The maximum Gasteiger partial charge on any atom is 0.106 e. The highest BCUT2D eigenvalue weighted by atomic mass is 16.5. The van der Waals surface area contributed by atoms with Crippen molar-refractivity contribution in [1.29, 1.82) is 0 Å². The lowest BCUT2D eigenvalue weighted by atomic mass is 10.0. The van der Waals surface area contributed by atoms with E-state index in [1.165, 1.54) is 11.1 Å². The van der Waals surface area contributed by atoms with E-state index in [4.69, 9.17) is 9.15 Å². The van der Waals surface area contributed by atoms with Gasteiger partial charge in [0, 0.05) is 12.2 Å². The summed E-state index contributed by atoms with van der Waals surface area (Å²) in [6.45, 7) is 12.9. The normalized spacial score (nSPS) is 13.0. The third kappa shape index (κ3) is 3.58. The Balaban J connectivity index is 2.81. The molecule has 0 spiro atoms. The highest BCUT2D eigenvalue weighted by molar-refractivity contribution is 5.34. The van der Waals surface area contributed by atoms with Gasteiger partial charge in [0.05, 0.1) is 12.6 Å². The fraction of sp³-hybridized carbons (Fsp3) is 0.714. The number of hydrogen-bond donors (Lipinski definition) is 1. The zero-order valence-electron chi connectivity index (χ0n) is 11.7. The Labute approximate surface area is 105 Å². The first-order valence-electron chi connectivity index (χ1n) is 6.49. The molecule has 1 rings (SSSR count). The van der Waals surface area contributed by atoms with Crippen molar-refractivity contribution in [1.82, 2.24) is 5.32 Å². The predicted octanol–water partition coefficient (Wildman–Crippen LogP) is 3.28. The molecule has 0 aliphatic rings. The number of nitrogens with one attached hydrogen (secondary N) is 1. The van der Waals surface area contributed by atoms with E-state index in [1.807, 2.05) is 13.8 Å². The van der Waals surface area contributed by atoms with Crippen molar-refractivity contribution in [2.75, 3.05) is 19.8 Å². The fourth-order valence-corrected chi connectivity index (χ4v) is 2.16. The summed E-state index contributed by atoms with van der Waals surface area (Å²) >= 11 is 0. The van der Waals surface area contributed by atoms with Gasteiger partial charge in [0.1, 0.15) is 11.5 Å². The predicted molar refractivity (Wildman–Crippen MR) is 70.4 cm³/mol. The average molecular weight is 239 g/mol. The molecule has 0 aromatic carbocycles. The van der Waals surface area contributed by atoms with Gasteiger partial charge in [0.2, 0.25) is 0 Å². The van der Waals surface area contributed by atoms with Crippen molar-refractivity contribution in [2.45, 2.75) is 47.1 Å². The lowest BCUT2D eigenvalue weighted by molar-refractivity contribution is 0.112. The average Bonchev–Trinajstić information content (AvgIpc) is 2.53. The summed E-state index contributed by atoms with van der Waals surface area (Å²) in [5.74, 6) is 2.02. The Morgan fingerprint density at radius 3 is 2.35 bits per heavy atom. The van der Waals surface area contributed by atoms with E-state index >= 15 is 0 Å². The third-order valence-corrected chi connectivity index (χ3v) is 3.05. The summed E-state index contributed by atoms with van der Waals surface area (Å²) in [6, 6.07) is 0.240. The van der Waals surface area contributed by atoms with Gasteiger partial charge in [0.25, 0.3) is 0 Å².